The molecule has 3 aromatic rings. The molecule has 108 valence electrons. The Hall–Kier alpha value is -2.61. The fraction of sp³-hybridized carbons (Fsp3) is 0.150. The van der Waals surface area contributed by atoms with Gasteiger partial charge in [0.05, 0.1) is 5.56 Å². The van der Waals surface area contributed by atoms with Gasteiger partial charge in [0.25, 0.3) is 0 Å². The van der Waals surface area contributed by atoms with Gasteiger partial charge in [-0.05, 0) is 36.2 Å². The van der Waals surface area contributed by atoms with E-state index in [1.165, 1.54) is 16.5 Å². The van der Waals surface area contributed by atoms with Gasteiger partial charge in [0, 0.05) is 11.1 Å². The molecule has 0 amide bonds. The smallest absolute Gasteiger partial charge is 0.339 e. The molecule has 0 fully saturated rings. The Morgan fingerprint density at radius 1 is 0.864 bits per heavy atom. The summed E-state index contributed by atoms with van der Waals surface area (Å²) < 4.78 is 5.67. The number of benzene rings is 3. The summed E-state index contributed by atoms with van der Waals surface area (Å²) >= 11 is 0. The summed E-state index contributed by atoms with van der Waals surface area (Å²) in [7, 11) is 0. The van der Waals surface area contributed by atoms with Crippen LogP contribution in [0.2, 0.25) is 0 Å². The molecule has 0 saturated carbocycles. The molecule has 0 bridgehead atoms. The highest BCUT2D eigenvalue weighted by molar-refractivity contribution is 5.96. The predicted molar refractivity (Wildman–Crippen MR) is 87.1 cm³/mol. The molecule has 22 heavy (non-hydrogen) atoms. The van der Waals surface area contributed by atoms with Crippen LogP contribution in [0.3, 0.4) is 0 Å². The highest BCUT2D eigenvalue weighted by atomic mass is 16.5. The number of carbonyl (C=O) groups is 1. The normalized spacial score (nSPS) is 16.6. The topological polar surface area (TPSA) is 26.3 Å². The molecule has 1 aliphatic heterocycles. The van der Waals surface area contributed by atoms with Crippen LogP contribution in [0.25, 0.3) is 10.8 Å². The van der Waals surface area contributed by atoms with Crippen LogP contribution in [0.5, 0.6) is 0 Å². The van der Waals surface area contributed by atoms with E-state index in [1.54, 1.807) is 0 Å². The molecule has 4 rings (SSSR count). The van der Waals surface area contributed by atoms with Crippen LogP contribution in [0.4, 0.5) is 0 Å². The molecule has 3 aromatic carbocycles. The summed E-state index contributed by atoms with van der Waals surface area (Å²) in [4.78, 5) is 12.1. The minimum atomic E-state index is -0.311. The quantitative estimate of drug-likeness (QED) is 0.606. The SMILES string of the molecule is Cc1ccc2c(C)ccc(C3OC(=O)c4ccccc43)c2c1. The second-order valence-electron chi connectivity index (χ2n) is 5.89. The summed E-state index contributed by atoms with van der Waals surface area (Å²) in [5.41, 5.74) is 5.13. The van der Waals surface area contributed by atoms with Crippen LogP contribution >= 0.6 is 0 Å². The van der Waals surface area contributed by atoms with Crippen LogP contribution in [0.1, 0.15) is 38.7 Å². The van der Waals surface area contributed by atoms with Gasteiger partial charge >= 0.3 is 5.97 Å². The van der Waals surface area contributed by atoms with Crippen LogP contribution in [0.15, 0.2) is 54.6 Å². The zero-order valence-electron chi connectivity index (χ0n) is 12.6. The second kappa shape index (κ2) is 4.70. The van der Waals surface area contributed by atoms with Gasteiger partial charge in [0.1, 0.15) is 0 Å². The van der Waals surface area contributed by atoms with Crippen molar-refractivity contribution in [3.8, 4) is 0 Å². The highest BCUT2D eigenvalue weighted by Crippen LogP contribution is 2.39. The zero-order valence-corrected chi connectivity index (χ0v) is 12.6. The summed E-state index contributed by atoms with van der Waals surface area (Å²) in [5.74, 6) is -0.234. The van der Waals surface area contributed by atoms with Gasteiger partial charge in [0.15, 0.2) is 6.10 Å². The fourth-order valence-corrected chi connectivity index (χ4v) is 3.24. The average molecular weight is 288 g/mol. The van der Waals surface area contributed by atoms with Crippen molar-refractivity contribution in [2.75, 3.05) is 0 Å². The van der Waals surface area contributed by atoms with E-state index in [1.807, 2.05) is 24.3 Å². The van der Waals surface area contributed by atoms with Crippen LogP contribution in [0, 0.1) is 13.8 Å². The highest BCUT2D eigenvalue weighted by Gasteiger charge is 2.32. The molecule has 1 aliphatic rings. The van der Waals surface area contributed by atoms with E-state index in [9.17, 15) is 4.79 Å². The first-order chi connectivity index (χ1) is 10.6. The first kappa shape index (κ1) is 13.1. The molecule has 1 unspecified atom stereocenters. The van der Waals surface area contributed by atoms with Gasteiger partial charge in [-0.25, -0.2) is 4.79 Å². The van der Waals surface area contributed by atoms with E-state index >= 15 is 0 Å². The number of fused-ring (bicyclic) bond motifs is 2. The maximum atomic E-state index is 12.1. The number of rotatable bonds is 1. The minimum absolute atomic E-state index is 0.234. The molecule has 0 radical (unpaired) electrons. The number of aryl methyl sites for hydroxylation is 2. The van der Waals surface area contributed by atoms with Gasteiger partial charge in [-0.1, -0.05) is 54.1 Å². The Morgan fingerprint density at radius 2 is 1.68 bits per heavy atom. The molecule has 2 nitrogen and oxygen atoms in total. The molecule has 0 spiro atoms. The number of carbonyl (C=O) groups excluding carboxylic acids is 1. The molecular weight excluding hydrogens is 272 g/mol. The van der Waals surface area contributed by atoms with Crippen LogP contribution in [-0.2, 0) is 4.74 Å². The maximum absolute atomic E-state index is 12.1. The molecule has 1 atom stereocenters. The van der Waals surface area contributed by atoms with Gasteiger partial charge < -0.3 is 4.74 Å². The van der Waals surface area contributed by atoms with E-state index in [0.717, 1.165) is 16.5 Å². The summed E-state index contributed by atoms with van der Waals surface area (Å²) in [6.07, 6.45) is -0.311. The van der Waals surface area contributed by atoms with E-state index < -0.39 is 0 Å². The maximum Gasteiger partial charge on any atom is 0.339 e. The van der Waals surface area contributed by atoms with Crippen molar-refractivity contribution in [2.45, 2.75) is 20.0 Å². The molecule has 0 saturated heterocycles. The van der Waals surface area contributed by atoms with Crippen molar-refractivity contribution < 1.29 is 9.53 Å². The standard InChI is InChI=1S/C20H16O2/c1-12-7-9-14-13(2)8-10-16(18(14)11-12)19-15-5-3-4-6-17(15)20(21)22-19/h3-11,19H,1-2H3. The van der Waals surface area contributed by atoms with Crippen molar-refractivity contribution in [1.29, 1.82) is 0 Å². The predicted octanol–water partition coefficient (Wildman–Crippen LogP) is 4.72. The van der Waals surface area contributed by atoms with Gasteiger partial charge in [-0.3, -0.25) is 0 Å². The zero-order chi connectivity index (χ0) is 15.3. The van der Waals surface area contributed by atoms with Gasteiger partial charge in [-0.15, -0.1) is 0 Å². The van der Waals surface area contributed by atoms with Gasteiger partial charge in [-0.2, -0.15) is 0 Å². The lowest BCUT2D eigenvalue weighted by Gasteiger charge is -2.16. The monoisotopic (exact) mass is 288 g/mol. The fourth-order valence-electron chi connectivity index (χ4n) is 3.24. The molecule has 1 heterocycles. The van der Waals surface area contributed by atoms with Gasteiger partial charge in [0.2, 0.25) is 0 Å². The second-order valence-corrected chi connectivity index (χ2v) is 5.89. The van der Waals surface area contributed by atoms with Crippen LogP contribution in [-0.4, -0.2) is 5.97 Å². The lowest BCUT2D eigenvalue weighted by atomic mass is 9.92. The molecular formula is C20H16O2. The number of cyclic esters (lactones) is 1. The van der Waals surface area contributed by atoms with E-state index in [0.29, 0.717) is 5.56 Å². The number of esters is 1. The third kappa shape index (κ3) is 1.84. The summed E-state index contributed by atoms with van der Waals surface area (Å²) in [5, 5.41) is 2.37. The average Bonchev–Trinajstić information content (AvgIpc) is 2.85. The summed E-state index contributed by atoms with van der Waals surface area (Å²) in [6, 6.07) is 18.3. The van der Waals surface area contributed by atoms with Crippen molar-refractivity contribution in [3.63, 3.8) is 0 Å². The van der Waals surface area contributed by atoms with E-state index in [4.69, 9.17) is 4.74 Å². The first-order valence-electron chi connectivity index (χ1n) is 7.45. The Morgan fingerprint density at radius 3 is 2.55 bits per heavy atom. The first-order valence-corrected chi connectivity index (χ1v) is 7.45. The largest absolute Gasteiger partial charge is 0.449 e. The van der Waals surface area contributed by atoms with Crippen molar-refractivity contribution >= 4 is 16.7 Å². The molecule has 0 aromatic heterocycles. The number of hydrogen-bond acceptors (Lipinski definition) is 2. The third-order valence-electron chi connectivity index (χ3n) is 4.39. The van der Waals surface area contributed by atoms with Crippen molar-refractivity contribution in [3.05, 3.63) is 82.4 Å². The van der Waals surface area contributed by atoms with Crippen LogP contribution < -0.4 is 0 Å². The Balaban J connectivity index is 1.98. The number of ether oxygens (including phenoxy) is 1. The minimum Gasteiger partial charge on any atom is -0.449 e. The lowest BCUT2D eigenvalue weighted by Crippen LogP contribution is -2.02. The summed E-state index contributed by atoms with van der Waals surface area (Å²) in [6.45, 7) is 4.19. The number of hydrogen-bond donors (Lipinski definition) is 0. The Bertz CT molecular complexity index is 909. The molecule has 2 heteroatoms. The Labute approximate surface area is 129 Å². The van der Waals surface area contributed by atoms with E-state index in [-0.39, 0.29) is 12.1 Å². The third-order valence-corrected chi connectivity index (χ3v) is 4.39. The van der Waals surface area contributed by atoms with Crippen molar-refractivity contribution in [2.24, 2.45) is 0 Å². The Kier molecular flexibility index (Phi) is 2.80. The lowest BCUT2D eigenvalue weighted by molar-refractivity contribution is 0.0458. The molecule has 0 N–H and O–H groups in total. The molecule has 0 aliphatic carbocycles. The van der Waals surface area contributed by atoms with Crippen molar-refractivity contribution in [1.82, 2.24) is 0 Å². The van der Waals surface area contributed by atoms with E-state index in [2.05, 4.69) is 44.2 Å².